The molecular formula is C56H97N3O12. The average molecular weight is 1000 g/mol. The first-order valence-corrected chi connectivity index (χ1v) is 28.3. The molecule has 0 spiro atoms. The van der Waals surface area contributed by atoms with E-state index in [9.17, 15) is 28.8 Å². The van der Waals surface area contributed by atoms with Crippen molar-refractivity contribution in [2.45, 2.75) is 239 Å². The first-order chi connectivity index (χ1) is 34.1. The van der Waals surface area contributed by atoms with Gasteiger partial charge in [-0.3, -0.25) is 28.8 Å². The number of fused-ring (bicyclic) bond motifs is 5. The fraction of sp³-hybridized carbons (Fsp3) is 0.893. The lowest BCUT2D eigenvalue weighted by atomic mass is 9.43. The van der Waals surface area contributed by atoms with Gasteiger partial charge in [0.05, 0.1) is 19.3 Å². The van der Waals surface area contributed by atoms with E-state index in [0.717, 1.165) is 64.2 Å². The zero-order valence-electron chi connectivity index (χ0n) is 44.7. The second kappa shape index (κ2) is 31.4. The Balaban J connectivity index is 1.45. The van der Waals surface area contributed by atoms with Gasteiger partial charge in [0, 0.05) is 50.2 Å². The fourth-order valence-corrected chi connectivity index (χ4v) is 13.4. The van der Waals surface area contributed by atoms with E-state index in [4.69, 9.17) is 45.6 Å². The normalized spacial score (nSPS) is 28.6. The molecule has 408 valence electrons. The summed E-state index contributed by atoms with van der Waals surface area (Å²) in [6, 6.07) is 0. The van der Waals surface area contributed by atoms with Crippen molar-refractivity contribution in [2.75, 3.05) is 32.8 Å². The predicted octanol–water partition coefficient (Wildman–Crippen LogP) is 9.34. The topological polar surface area (TPSA) is 236 Å². The summed E-state index contributed by atoms with van der Waals surface area (Å²) >= 11 is 0. The van der Waals surface area contributed by atoms with Gasteiger partial charge in [0.2, 0.25) is 0 Å². The molecule has 0 bridgehead atoms. The van der Waals surface area contributed by atoms with E-state index in [2.05, 4.69) is 34.6 Å². The minimum Gasteiger partial charge on any atom is -0.462 e. The molecule has 0 aromatic carbocycles. The summed E-state index contributed by atoms with van der Waals surface area (Å²) in [4.78, 5) is 78.6. The van der Waals surface area contributed by atoms with Gasteiger partial charge in [-0.2, -0.15) is 0 Å². The smallest absolute Gasteiger partial charge is 0.307 e. The van der Waals surface area contributed by atoms with E-state index in [1.807, 2.05) is 0 Å². The highest BCUT2D eigenvalue weighted by Crippen LogP contribution is 2.69. The van der Waals surface area contributed by atoms with Crippen LogP contribution >= 0.6 is 0 Å². The van der Waals surface area contributed by atoms with Crippen LogP contribution in [-0.4, -0.2) is 93.1 Å². The highest BCUT2D eigenvalue weighted by molar-refractivity contribution is 5.72. The molecule has 6 N–H and O–H groups in total. The maximum atomic E-state index is 13.6. The second-order valence-electron chi connectivity index (χ2n) is 22.3. The number of unbranched alkanes of at least 4 members (excludes halogenated alkanes) is 12. The number of rotatable bonds is 34. The maximum Gasteiger partial charge on any atom is 0.307 e. The monoisotopic (exact) mass is 1000 g/mol. The fourth-order valence-electron chi connectivity index (χ4n) is 13.4. The van der Waals surface area contributed by atoms with Crippen LogP contribution < -0.4 is 17.2 Å². The van der Waals surface area contributed by atoms with Crippen LogP contribution in [0.3, 0.4) is 0 Å². The molecule has 0 aliphatic heterocycles. The van der Waals surface area contributed by atoms with Gasteiger partial charge in [0.1, 0.15) is 31.5 Å². The maximum absolute atomic E-state index is 13.6. The molecule has 0 radical (unpaired) electrons. The molecule has 15 heteroatoms. The summed E-state index contributed by atoms with van der Waals surface area (Å²) in [6.45, 7) is 11.3. The molecule has 0 heterocycles. The van der Waals surface area contributed by atoms with Crippen molar-refractivity contribution >= 4 is 35.8 Å². The van der Waals surface area contributed by atoms with Gasteiger partial charge >= 0.3 is 35.8 Å². The van der Waals surface area contributed by atoms with E-state index in [1.165, 1.54) is 38.5 Å². The van der Waals surface area contributed by atoms with Crippen molar-refractivity contribution in [3.05, 3.63) is 0 Å². The molecule has 4 rings (SSSR count). The van der Waals surface area contributed by atoms with Crippen LogP contribution in [0.15, 0.2) is 0 Å². The Morgan fingerprint density at radius 3 is 1.65 bits per heavy atom. The van der Waals surface area contributed by atoms with Crippen LogP contribution in [0, 0.1) is 46.3 Å². The first-order valence-electron chi connectivity index (χ1n) is 28.3. The van der Waals surface area contributed by atoms with Gasteiger partial charge in [0.25, 0.3) is 0 Å². The van der Waals surface area contributed by atoms with E-state index in [-0.39, 0.29) is 148 Å². The Kier molecular flexibility index (Phi) is 26.7. The summed E-state index contributed by atoms with van der Waals surface area (Å²) in [6.07, 6.45) is 19.6. The third-order valence-electron chi connectivity index (χ3n) is 17.3. The summed E-state index contributed by atoms with van der Waals surface area (Å²) in [5.41, 5.74) is 16.7. The van der Waals surface area contributed by atoms with Crippen molar-refractivity contribution in [2.24, 2.45) is 63.5 Å². The Labute approximate surface area is 426 Å². The lowest BCUT2D eigenvalue weighted by Gasteiger charge is -2.64. The van der Waals surface area contributed by atoms with Gasteiger partial charge in [-0.1, -0.05) is 112 Å². The summed E-state index contributed by atoms with van der Waals surface area (Å²) in [5, 5.41) is 0. The van der Waals surface area contributed by atoms with Crippen LogP contribution in [0.5, 0.6) is 0 Å². The predicted molar refractivity (Wildman–Crippen MR) is 272 cm³/mol. The molecule has 4 aliphatic carbocycles. The molecule has 0 aromatic heterocycles. The highest BCUT2D eigenvalue weighted by Gasteiger charge is 2.67. The molecule has 4 aliphatic rings. The SMILES string of the molecule is CCCCCCCCCC(=O)OCC(COC(=O)CC[C@@H](C)[C@H]1CC[C@H]2[C@@H]3[C@H](OC(=O)CCN)C[C@@H]4C[C@H](OC(=O)CCN)CC[C@]4(C)[C@H]3C[C@H](OC(=O)CCN)[C@]12C)OC(=O)CCCCCCCCC. The molecule has 15 nitrogen and oxygen atoms in total. The number of carbonyl (C=O) groups excluding carboxylic acids is 6. The van der Waals surface area contributed by atoms with E-state index >= 15 is 0 Å². The van der Waals surface area contributed by atoms with E-state index < -0.39 is 29.6 Å². The highest BCUT2D eigenvalue weighted by atomic mass is 16.6. The largest absolute Gasteiger partial charge is 0.462 e. The van der Waals surface area contributed by atoms with Crippen molar-refractivity contribution in [1.29, 1.82) is 0 Å². The molecule has 1 unspecified atom stereocenters. The number of nitrogens with two attached hydrogens (primary N) is 3. The summed E-state index contributed by atoms with van der Waals surface area (Å²) in [5.74, 6) is -1.84. The first kappa shape index (κ1) is 60.3. The van der Waals surface area contributed by atoms with Gasteiger partial charge < -0.3 is 45.6 Å². The van der Waals surface area contributed by atoms with E-state index in [0.29, 0.717) is 38.5 Å². The van der Waals surface area contributed by atoms with Crippen molar-refractivity contribution in [1.82, 2.24) is 0 Å². The second-order valence-corrected chi connectivity index (χ2v) is 22.3. The third kappa shape index (κ3) is 18.2. The van der Waals surface area contributed by atoms with Crippen LogP contribution in [0.2, 0.25) is 0 Å². The minimum atomic E-state index is -0.912. The molecule has 12 atom stereocenters. The van der Waals surface area contributed by atoms with Gasteiger partial charge in [0.15, 0.2) is 6.10 Å². The lowest BCUT2D eigenvalue weighted by molar-refractivity contribution is -0.225. The molecule has 4 saturated carbocycles. The Bertz CT molecular complexity index is 1650. The van der Waals surface area contributed by atoms with Crippen LogP contribution in [0.4, 0.5) is 0 Å². The van der Waals surface area contributed by atoms with Crippen molar-refractivity contribution in [3.63, 3.8) is 0 Å². The van der Waals surface area contributed by atoms with Crippen molar-refractivity contribution in [3.8, 4) is 0 Å². The molecule has 71 heavy (non-hydrogen) atoms. The van der Waals surface area contributed by atoms with Gasteiger partial charge in [-0.15, -0.1) is 0 Å². The summed E-state index contributed by atoms with van der Waals surface area (Å²) < 4.78 is 36.0. The number of ether oxygens (including phenoxy) is 6. The number of carbonyl (C=O) groups is 6. The Hall–Kier alpha value is -3.30. The zero-order valence-corrected chi connectivity index (χ0v) is 44.7. The zero-order chi connectivity index (χ0) is 51.8. The molecule has 0 saturated heterocycles. The number of hydrogen-bond acceptors (Lipinski definition) is 15. The average Bonchev–Trinajstić information content (AvgIpc) is 3.69. The van der Waals surface area contributed by atoms with Gasteiger partial charge in [-0.25, -0.2) is 0 Å². The van der Waals surface area contributed by atoms with Crippen LogP contribution in [-0.2, 0) is 57.2 Å². The van der Waals surface area contributed by atoms with Crippen molar-refractivity contribution < 1.29 is 57.2 Å². The third-order valence-corrected chi connectivity index (χ3v) is 17.3. The Morgan fingerprint density at radius 2 is 1.07 bits per heavy atom. The van der Waals surface area contributed by atoms with Crippen LogP contribution in [0.25, 0.3) is 0 Å². The standard InChI is InChI=1S/C56H97N3O12/c1-6-8-10-12-14-16-18-20-48(60)66-37-42(69-50(62)21-19-17-15-13-11-9-7-2)38-67-49(61)25-22-39(3)43-23-24-44-54-45(36-47(56(43,44)5)71-53(65)29-33-59)55(4)30-26-41(68-51(63)27-31-57)34-40(55)35-46(54)70-52(64)28-32-58/h39-47,54H,6-38,57-59H2,1-5H3/t39-,40+,41-,42?,43-,44+,45+,46-,47+,54+,55+,56-/m1/s1. The quantitative estimate of drug-likeness (QED) is 0.0309. The van der Waals surface area contributed by atoms with Gasteiger partial charge in [-0.05, 0) is 99.2 Å². The number of hydrogen-bond donors (Lipinski definition) is 3. The van der Waals surface area contributed by atoms with E-state index in [1.54, 1.807) is 0 Å². The molecular weight excluding hydrogens is 907 g/mol. The Morgan fingerprint density at radius 1 is 0.549 bits per heavy atom. The summed E-state index contributed by atoms with van der Waals surface area (Å²) in [7, 11) is 0. The lowest BCUT2D eigenvalue weighted by Crippen LogP contribution is -2.63. The molecule has 4 fully saturated rings. The number of esters is 6. The molecule has 0 aromatic rings. The minimum absolute atomic E-state index is 0.000953. The molecule has 0 amide bonds. The van der Waals surface area contributed by atoms with Crippen LogP contribution in [0.1, 0.15) is 214 Å².